The highest BCUT2D eigenvalue weighted by atomic mass is 16.2. The molecule has 2 heterocycles. The van der Waals surface area contributed by atoms with E-state index >= 15 is 0 Å². The van der Waals surface area contributed by atoms with Crippen molar-refractivity contribution in [3.63, 3.8) is 0 Å². The number of hydrogen-bond donors (Lipinski definition) is 2. The van der Waals surface area contributed by atoms with Gasteiger partial charge in [0.05, 0.1) is 6.54 Å². The molecule has 0 radical (unpaired) electrons. The fourth-order valence-corrected chi connectivity index (χ4v) is 3.39. The molecule has 2 aromatic carbocycles. The second-order valence-electron chi connectivity index (χ2n) is 7.13. The summed E-state index contributed by atoms with van der Waals surface area (Å²) in [4.78, 5) is 31.6. The number of H-pyrrole nitrogens is 1. The number of aryl methyl sites for hydroxylation is 4. The van der Waals surface area contributed by atoms with Crippen molar-refractivity contribution in [1.82, 2.24) is 19.1 Å². The third-order valence-corrected chi connectivity index (χ3v) is 5.06. The van der Waals surface area contributed by atoms with E-state index in [0.717, 1.165) is 12.1 Å². The zero-order valence-electron chi connectivity index (χ0n) is 16.5. The summed E-state index contributed by atoms with van der Waals surface area (Å²) in [6.45, 7) is 3.08. The van der Waals surface area contributed by atoms with Gasteiger partial charge in [-0.2, -0.15) is 0 Å². The smallest absolute Gasteiger partial charge is 0.329 e. The quantitative estimate of drug-likeness (QED) is 0.531. The van der Waals surface area contributed by atoms with Crippen LogP contribution in [-0.2, 0) is 26.6 Å². The number of benzene rings is 2. The first-order valence-corrected chi connectivity index (χ1v) is 9.56. The van der Waals surface area contributed by atoms with Crippen molar-refractivity contribution in [2.45, 2.75) is 26.4 Å². The van der Waals surface area contributed by atoms with Crippen molar-refractivity contribution >= 4 is 16.9 Å². The van der Waals surface area contributed by atoms with Gasteiger partial charge in [-0.3, -0.25) is 14.3 Å². The number of aromatic amines is 1. The molecule has 4 rings (SSSR count). The zero-order valence-corrected chi connectivity index (χ0v) is 16.5. The molecule has 0 spiro atoms. The number of rotatable bonds is 6. The number of fused-ring (bicyclic) bond motifs is 1. The molecule has 29 heavy (non-hydrogen) atoms. The van der Waals surface area contributed by atoms with Crippen molar-refractivity contribution in [3.05, 3.63) is 92.4 Å². The Morgan fingerprint density at radius 3 is 2.48 bits per heavy atom. The van der Waals surface area contributed by atoms with E-state index in [2.05, 4.69) is 27.4 Å². The van der Waals surface area contributed by atoms with E-state index in [0.29, 0.717) is 30.1 Å². The van der Waals surface area contributed by atoms with Gasteiger partial charge in [0.2, 0.25) is 0 Å². The van der Waals surface area contributed by atoms with Gasteiger partial charge in [-0.1, -0.05) is 48.0 Å². The van der Waals surface area contributed by atoms with Gasteiger partial charge >= 0.3 is 5.69 Å². The Morgan fingerprint density at radius 2 is 1.76 bits per heavy atom. The number of nitrogens with one attached hydrogen (secondary N) is 2. The zero-order chi connectivity index (χ0) is 20.4. The van der Waals surface area contributed by atoms with Crippen LogP contribution in [0.25, 0.3) is 11.2 Å². The lowest BCUT2D eigenvalue weighted by molar-refractivity contribution is 0.673. The van der Waals surface area contributed by atoms with Gasteiger partial charge in [0.15, 0.2) is 11.2 Å². The Kier molecular flexibility index (Phi) is 5.03. The van der Waals surface area contributed by atoms with Gasteiger partial charge < -0.3 is 9.88 Å². The Morgan fingerprint density at radius 1 is 1.03 bits per heavy atom. The lowest BCUT2D eigenvalue weighted by Gasteiger charge is -2.11. The molecule has 7 heteroatoms. The van der Waals surface area contributed by atoms with Gasteiger partial charge in [0.1, 0.15) is 5.82 Å². The standard InChI is InChI=1S/C22H23N5O2/c1-15-8-10-17(11-9-15)23-14-18-24-20-19(21(28)25-22(29)26(20)2)27(18)13-12-16-6-4-3-5-7-16/h3-11,23H,12-14H2,1-2H3,(H,25,28,29). The number of hydrogen-bond acceptors (Lipinski definition) is 4. The van der Waals surface area contributed by atoms with Gasteiger partial charge in [-0.25, -0.2) is 9.78 Å². The van der Waals surface area contributed by atoms with Crippen molar-refractivity contribution in [2.75, 3.05) is 5.32 Å². The van der Waals surface area contributed by atoms with Crippen molar-refractivity contribution in [3.8, 4) is 0 Å². The molecule has 0 saturated heterocycles. The second kappa shape index (κ2) is 7.79. The van der Waals surface area contributed by atoms with Gasteiger partial charge in [0, 0.05) is 19.3 Å². The summed E-state index contributed by atoms with van der Waals surface area (Å²) in [5, 5.41) is 3.36. The number of aromatic nitrogens is 4. The van der Waals surface area contributed by atoms with Crippen LogP contribution in [0.4, 0.5) is 5.69 Å². The van der Waals surface area contributed by atoms with Gasteiger partial charge in [-0.15, -0.1) is 0 Å². The van der Waals surface area contributed by atoms with E-state index < -0.39 is 11.2 Å². The monoisotopic (exact) mass is 389 g/mol. The van der Waals surface area contributed by atoms with E-state index in [1.165, 1.54) is 15.7 Å². The molecule has 0 aliphatic heterocycles. The van der Waals surface area contributed by atoms with Gasteiger partial charge in [-0.05, 0) is 31.0 Å². The first kappa shape index (κ1) is 18.7. The minimum Gasteiger partial charge on any atom is -0.378 e. The van der Waals surface area contributed by atoms with E-state index in [4.69, 9.17) is 0 Å². The first-order valence-electron chi connectivity index (χ1n) is 9.56. The summed E-state index contributed by atoms with van der Waals surface area (Å²) in [5.74, 6) is 0.711. The van der Waals surface area contributed by atoms with Crippen LogP contribution in [0.1, 0.15) is 17.0 Å². The molecule has 0 aliphatic carbocycles. The van der Waals surface area contributed by atoms with Crippen LogP contribution >= 0.6 is 0 Å². The van der Waals surface area contributed by atoms with Crippen LogP contribution in [0.2, 0.25) is 0 Å². The first-order chi connectivity index (χ1) is 14.0. The molecule has 0 amide bonds. The average Bonchev–Trinajstić information content (AvgIpc) is 3.10. The molecule has 2 N–H and O–H groups in total. The van der Waals surface area contributed by atoms with Crippen LogP contribution in [-0.4, -0.2) is 19.1 Å². The van der Waals surface area contributed by atoms with E-state index in [9.17, 15) is 9.59 Å². The Hall–Kier alpha value is -3.61. The summed E-state index contributed by atoms with van der Waals surface area (Å²) in [6.07, 6.45) is 0.756. The highest BCUT2D eigenvalue weighted by molar-refractivity contribution is 5.71. The number of nitrogens with zero attached hydrogens (tertiary/aromatic N) is 3. The fourth-order valence-electron chi connectivity index (χ4n) is 3.39. The third-order valence-electron chi connectivity index (χ3n) is 5.06. The van der Waals surface area contributed by atoms with Crippen molar-refractivity contribution in [2.24, 2.45) is 7.05 Å². The Bertz CT molecular complexity index is 1250. The summed E-state index contributed by atoms with van der Waals surface area (Å²) in [7, 11) is 1.62. The molecule has 0 unspecified atom stereocenters. The topological polar surface area (TPSA) is 84.7 Å². The van der Waals surface area contributed by atoms with E-state index in [-0.39, 0.29) is 0 Å². The molecular weight excluding hydrogens is 366 g/mol. The lowest BCUT2D eigenvalue weighted by Crippen LogP contribution is -2.29. The Balaban J connectivity index is 1.72. The highest BCUT2D eigenvalue weighted by Crippen LogP contribution is 2.15. The molecule has 0 atom stereocenters. The molecule has 0 fully saturated rings. The molecular formula is C22H23N5O2. The minimum absolute atomic E-state index is 0.396. The lowest BCUT2D eigenvalue weighted by atomic mass is 10.1. The number of imidazole rings is 1. The summed E-state index contributed by atoms with van der Waals surface area (Å²) >= 11 is 0. The fraction of sp³-hybridized carbons (Fsp3) is 0.227. The third kappa shape index (κ3) is 3.85. The summed E-state index contributed by atoms with van der Waals surface area (Å²) in [5.41, 5.74) is 3.27. The molecule has 0 aliphatic rings. The van der Waals surface area contributed by atoms with Crippen LogP contribution < -0.4 is 16.6 Å². The summed E-state index contributed by atoms with van der Waals surface area (Å²) in [6, 6.07) is 18.2. The SMILES string of the molecule is Cc1ccc(NCc2nc3c(c(=O)[nH]c(=O)n3C)n2CCc2ccccc2)cc1. The van der Waals surface area contributed by atoms with Crippen LogP contribution in [0.5, 0.6) is 0 Å². The Labute approximate surface area is 167 Å². The minimum atomic E-state index is -0.465. The van der Waals surface area contributed by atoms with Crippen molar-refractivity contribution in [1.29, 1.82) is 0 Å². The average molecular weight is 389 g/mol. The predicted octanol–water partition coefficient (Wildman–Crippen LogP) is 2.59. The highest BCUT2D eigenvalue weighted by Gasteiger charge is 2.17. The maximum absolute atomic E-state index is 12.6. The molecule has 2 aromatic heterocycles. The second-order valence-corrected chi connectivity index (χ2v) is 7.13. The molecule has 7 nitrogen and oxygen atoms in total. The van der Waals surface area contributed by atoms with E-state index in [1.807, 2.05) is 54.0 Å². The number of anilines is 1. The van der Waals surface area contributed by atoms with E-state index in [1.54, 1.807) is 7.05 Å². The molecule has 4 aromatic rings. The van der Waals surface area contributed by atoms with Crippen LogP contribution in [0.15, 0.2) is 64.2 Å². The molecule has 0 saturated carbocycles. The normalized spacial score (nSPS) is 11.1. The molecule has 0 bridgehead atoms. The maximum atomic E-state index is 12.6. The van der Waals surface area contributed by atoms with Gasteiger partial charge in [0.25, 0.3) is 5.56 Å². The van der Waals surface area contributed by atoms with Crippen molar-refractivity contribution < 1.29 is 0 Å². The predicted molar refractivity (Wildman–Crippen MR) is 114 cm³/mol. The largest absolute Gasteiger partial charge is 0.378 e. The maximum Gasteiger partial charge on any atom is 0.329 e. The van der Waals surface area contributed by atoms with Crippen LogP contribution in [0, 0.1) is 6.92 Å². The molecule has 148 valence electrons. The summed E-state index contributed by atoms with van der Waals surface area (Å²) < 4.78 is 3.28. The van der Waals surface area contributed by atoms with Crippen LogP contribution in [0.3, 0.4) is 0 Å².